The van der Waals surface area contributed by atoms with Gasteiger partial charge in [0.1, 0.15) is 0 Å². The van der Waals surface area contributed by atoms with E-state index in [-0.39, 0.29) is 0 Å². The summed E-state index contributed by atoms with van der Waals surface area (Å²) in [5.74, 6) is 0. The Balaban J connectivity index is 3.89. The van der Waals surface area contributed by atoms with Gasteiger partial charge < -0.3 is 15.0 Å². The van der Waals surface area contributed by atoms with Crippen LogP contribution in [0.2, 0.25) is 0 Å². The van der Waals surface area contributed by atoms with Crippen molar-refractivity contribution in [1.29, 1.82) is 0 Å². The number of likely N-dealkylation sites (N-methyl/N-ethyl adjacent to an activating group) is 1. The zero-order valence-electron chi connectivity index (χ0n) is 14.1. The van der Waals surface area contributed by atoms with Gasteiger partial charge in [-0.1, -0.05) is 13.8 Å². The molecule has 0 rings (SSSR count). The smallest absolute Gasteiger partial charge is 0.279 e. The van der Waals surface area contributed by atoms with Crippen LogP contribution < -0.4 is 10.0 Å². The van der Waals surface area contributed by atoms with Crippen molar-refractivity contribution in [3.8, 4) is 0 Å². The predicted molar refractivity (Wildman–Crippen MR) is 86.7 cm³/mol. The van der Waals surface area contributed by atoms with E-state index in [0.717, 1.165) is 19.5 Å². The molecule has 2 N–H and O–H groups in total. The van der Waals surface area contributed by atoms with Crippen molar-refractivity contribution in [2.45, 2.75) is 26.3 Å². The van der Waals surface area contributed by atoms with Gasteiger partial charge >= 0.3 is 0 Å². The van der Waals surface area contributed by atoms with Gasteiger partial charge in [0.25, 0.3) is 10.2 Å². The molecule has 0 aromatic heterocycles. The van der Waals surface area contributed by atoms with E-state index >= 15 is 0 Å². The molecule has 0 aromatic rings. The number of nitrogens with one attached hydrogen (secondary N) is 2. The number of ether oxygens (including phenoxy) is 1. The van der Waals surface area contributed by atoms with Crippen molar-refractivity contribution in [1.82, 2.24) is 19.2 Å². The fraction of sp³-hybridized carbons (Fsp3) is 1.00. The molecule has 128 valence electrons. The van der Waals surface area contributed by atoms with Gasteiger partial charge in [-0.2, -0.15) is 12.7 Å². The van der Waals surface area contributed by atoms with Crippen LogP contribution >= 0.6 is 0 Å². The monoisotopic (exact) mass is 324 g/mol. The Labute approximate surface area is 130 Å². The van der Waals surface area contributed by atoms with Crippen LogP contribution in [0.25, 0.3) is 0 Å². The highest BCUT2D eigenvalue weighted by atomic mass is 32.2. The first-order valence-corrected chi connectivity index (χ1v) is 8.85. The van der Waals surface area contributed by atoms with Crippen LogP contribution in [0, 0.1) is 0 Å². The second kappa shape index (κ2) is 11.3. The summed E-state index contributed by atoms with van der Waals surface area (Å²) in [6.07, 6.45) is 0.795. The molecule has 0 aromatic carbocycles. The minimum Gasteiger partial charge on any atom is -0.383 e. The van der Waals surface area contributed by atoms with Crippen LogP contribution in [0.15, 0.2) is 0 Å². The molecule has 0 bridgehead atoms. The minimum atomic E-state index is -3.38. The van der Waals surface area contributed by atoms with Gasteiger partial charge in [0.05, 0.1) is 6.61 Å². The Morgan fingerprint density at radius 1 is 1.10 bits per heavy atom. The topological polar surface area (TPSA) is 73.9 Å². The molecule has 0 atom stereocenters. The first-order chi connectivity index (χ1) is 9.79. The zero-order valence-corrected chi connectivity index (χ0v) is 14.9. The van der Waals surface area contributed by atoms with E-state index in [2.05, 4.69) is 23.9 Å². The summed E-state index contributed by atoms with van der Waals surface area (Å²) in [6.45, 7) is 7.96. The van der Waals surface area contributed by atoms with Gasteiger partial charge in [0.2, 0.25) is 0 Å². The van der Waals surface area contributed by atoms with Crippen molar-refractivity contribution in [3.63, 3.8) is 0 Å². The molecular weight excluding hydrogens is 292 g/mol. The number of hydrogen-bond acceptors (Lipinski definition) is 5. The van der Waals surface area contributed by atoms with Gasteiger partial charge in [-0.05, 0) is 20.0 Å². The van der Waals surface area contributed by atoms with Crippen molar-refractivity contribution in [2.24, 2.45) is 0 Å². The van der Waals surface area contributed by atoms with Gasteiger partial charge in [-0.25, -0.2) is 4.72 Å². The molecule has 0 aliphatic carbocycles. The third-order valence-corrected chi connectivity index (χ3v) is 4.64. The lowest BCUT2D eigenvalue weighted by molar-refractivity contribution is 0.162. The highest BCUT2D eigenvalue weighted by Crippen LogP contribution is 1.95. The second-order valence-electron chi connectivity index (χ2n) is 5.48. The van der Waals surface area contributed by atoms with Crippen LogP contribution in [0.3, 0.4) is 0 Å². The number of nitrogens with zero attached hydrogens (tertiary/aromatic N) is 2. The predicted octanol–water partition coefficient (Wildman–Crippen LogP) is -0.281. The summed E-state index contributed by atoms with van der Waals surface area (Å²) in [4.78, 5) is 2.03. The molecule has 0 amide bonds. The lowest BCUT2D eigenvalue weighted by atomic mass is 10.3. The molecule has 21 heavy (non-hydrogen) atoms. The molecule has 8 heteroatoms. The lowest BCUT2D eigenvalue weighted by Crippen LogP contribution is -2.42. The Bertz CT molecular complexity index is 349. The van der Waals surface area contributed by atoms with Crippen molar-refractivity contribution >= 4 is 10.2 Å². The Hall–Kier alpha value is -0.250. The van der Waals surface area contributed by atoms with Crippen molar-refractivity contribution in [2.75, 3.05) is 60.5 Å². The molecule has 0 aliphatic heterocycles. The standard InChI is InChI=1S/C13H32N4O3S/c1-13(2)14-7-6-9-17(4)21(18,19)15-8-10-16(3)11-12-20-5/h13-15H,6-12H2,1-5H3. The van der Waals surface area contributed by atoms with E-state index in [1.807, 2.05) is 11.9 Å². The summed E-state index contributed by atoms with van der Waals surface area (Å²) in [7, 11) is 1.82. The molecule has 0 spiro atoms. The van der Waals surface area contributed by atoms with E-state index in [1.165, 1.54) is 4.31 Å². The number of hydrogen-bond donors (Lipinski definition) is 2. The van der Waals surface area contributed by atoms with E-state index in [9.17, 15) is 8.42 Å². The summed E-state index contributed by atoms with van der Waals surface area (Å²) < 4.78 is 33.0. The molecule has 0 saturated carbocycles. The van der Waals surface area contributed by atoms with Crippen LogP contribution in [-0.4, -0.2) is 84.2 Å². The first-order valence-electron chi connectivity index (χ1n) is 7.41. The Kier molecular flexibility index (Phi) is 11.2. The van der Waals surface area contributed by atoms with Gasteiger partial charge in [-0.3, -0.25) is 0 Å². The molecule has 0 unspecified atom stereocenters. The average Bonchev–Trinajstić information content (AvgIpc) is 2.40. The normalized spacial score (nSPS) is 12.8. The molecule has 0 radical (unpaired) electrons. The molecule has 7 nitrogen and oxygen atoms in total. The maximum Gasteiger partial charge on any atom is 0.279 e. The van der Waals surface area contributed by atoms with Crippen molar-refractivity contribution in [3.05, 3.63) is 0 Å². The van der Waals surface area contributed by atoms with Gasteiger partial charge in [0.15, 0.2) is 0 Å². The van der Waals surface area contributed by atoms with Gasteiger partial charge in [0, 0.05) is 46.4 Å². The summed E-state index contributed by atoms with van der Waals surface area (Å²) in [5, 5.41) is 3.27. The maximum atomic E-state index is 12.0. The minimum absolute atomic E-state index is 0.400. The first kappa shape index (κ1) is 20.8. The third kappa shape index (κ3) is 11.0. The summed E-state index contributed by atoms with van der Waals surface area (Å²) in [5.41, 5.74) is 0. The summed E-state index contributed by atoms with van der Waals surface area (Å²) >= 11 is 0. The SMILES string of the molecule is COCCN(C)CCNS(=O)(=O)N(C)CCCNC(C)C. The van der Waals surface area contributed by atoms with E-state index in [0.29, 0.717) is 32.3 Å². The number of methoxy groups -OCH3 is 1. The van der Waals surface area contributed by atoms with Gasteiger partial charge in [-0.15, -0.1) is 0 Å². The van der Waals surface area contributed by atoms with E-state index in [1.54, 1.807) is 14.2 Å². The van der Waals surface area contributed by atoms with Crippen LogP contribution in [0.4, 0.5) is 0 Å². The zero-order chi connectivity index (χ0) is 16.3. The average molecular weight is 324 g/mol. The lowest BCUT2D eigenvalue weighted by Gasteiger charge is -2.20. The molecule has 0 aliphatic rings. The van der Waals surface area contributed by atoms with Crippen LogP contribution in [0.5, 0.6) is 0 Å². The Morgan fingerprint density at radius 2 is 1.76 bits per heavy atom. The quantitative estimate of drug-likeness (QED) is 0.456. The largest absolute Gasteiger partial charge is 0.383 e. The van der Waals surface area contributed by atoms with E-state index < -0.39 is 10.2 Å². The second-order valence-corrected chi connectivity index (χ2v) is 7.34. The highest BCUT2D eigenvalue weighted by molar-refractivity contribution is 7.87. The maximum absolute atomic E-state index is 12.0. The fourth-order valence-corrected chi connectivity index (χ4v) is 2.59. The highest BCUT2D eigenvalue weighted by Gasteiger charge is 2.16. The van der Waals surface area contributed by atoms with Crippen molar-refractivity contribution < 1.29 is 13.2 Å². The van der Waals surface area contributed by atoms with E-state index in [4.69, 9.17) is 4.74 Å². The molecule has 0 saturated heterocycles. The molecular formula is C13H32N4O3S. The Morgan fingerprint density at radius 3 is 2.33 bits per heavy atom. The fourth-order valence-electron chi connectivity index (χ4n) is 1.65. The number of rotatable bonds is 13. The molecule has 0 fully saturated rings. The van der Waals surface area contributed by atoms with Crippen LogP contribution in [0.1, 0.15) is 20.3 Å². The summed E-state index contributed by atoms with van der Waals surface area (Å²) in [6, 6.07) is 0.424. The van der Waals surface area contributed by atoms with Crippen LogP contribution in [-0.2, 0) is 14.9 Å². The molecule has 0 heterocycles. The third-order valence-electron chi connectivity index (χ3n) is 3.07.